The summed E-state index contributed by atoms with van der Waals surface area (Å²) in [5, 5.41) is 1.22. The Morgan fingerprint density at radius 2 is 2.00 bits per heavy atom. The van der Waals surface area contributed by atoms with E-state index in [0.717, 1.165) is 0 Å². The van der Waals surface area contributed by atoms with E-state index >= 15 is 0 Å². The minimum Gasteiger partial charge on any atom is -0.256 e. The summed E-state index contributed by atoms with van der Waals surface area (Å²) in [6.07, 6.45) is -0.972. The number of benzene rings is 1. The number of rotatable bonds is 1. The van der Waals surface area contributed by atoms with Crippen LogP contribution in [0.15, 0.2) is 30.5 Å². The van der Waals surface area contributed by atoms with Crippen LogP contribution in [0.25, 0.3) is 10.9 Å². The lowest BCUT2D eigenvalue weighted by Crippen LogP contribution is -1.86. The fourth-order valence-electron chi connectivity index (χ4n) is 1.27. The van der Waals surface area contributed by atoms with Crippen LogP contribution in [0.3, 0.4) is 0 Å². The molecule has 0 radical (unpaired) electrons. The van der Waals surface area contributed by atoms with E-state index in [1.165, 1.54) is 18.3 Å². The lowest BCUT2D eigenvalue weighted by Gasteiger charge is -2.02. The van der Waals surface area contributed by atoms with Gasteiger partial charge >= 0.3 is 0 Å². The number of fused-ring (bicyclic) bond motifs is 1. The topological polar surface area (TPSA) is 12.9 Å². The molecule has 1 heterocycles. The molecule has 0 aliphatic carbocycles. The van der Waals surface area contributed by atoms with Crippen molar-refractivity contribution < 1.29 is 8.78 Å². The highest BCUT2D eigenvalue weighted by Gasteiger charge is 2.08. The Labute approximate surface area is 84.3 Å². The molecule has 1 aromatic heterocycles. The first-order valence-corrected chi connectivity index (χ1v) is 4.38. The SMILES string of the molecule is FC(F)c1ccc2c(Cl)ccnc2c1. The molecule has 0 saturated heterocycles. The van der Waals surface area contributed by atoms with Gasteiger partial charge in [-0.05, 0) is 12.1 Å². The van der Waals surface area contributed by atoms with Gasteiger partial charge in [-0.3, -0.25) is 4.98 Å². The van der Waals surface area contributed by atoms with E-state index in [4.69, 9.17) is 11.6 Å². The van der Waals surface area contributed by atoms with E-state index in [1.54, 1.807) is 12.1 Å². The molecule has 14 heavy (non-hydrogen) atoms. The number of halogens is 3. The quantitative estimate of drug-likeness (QED) is 0.702. The molecule has 1 nitrogen and oxygen atoms in total. The summed E-state index contributed by atoms with van der Waals surface area (Å²) in [6.45, 7) is 0. The van der Waals surface area contributed by atoms with Crippen LogP contribution in [0, 0.1) is 0 Å². The van der Waals surface area contributed by atoms with Crippen molar-refractivity contribution in [1.82, 2.24) is 4.98 Å². The van der Waals surface area contributed by atoms with E-state index < -0.39 is 6.43 Å². The molecule has 0 bridgehead atoms. The normalized spacial score (nSPS) is 11.1. The van der Waals surface area contributed by atoms with Crippen molar-refractivity contribution in [1.29, 1.82) is 0 Å². The van der Waals surface area contributed by atoms with E-state index in [9.17, 15) is 8.78 Å². The van der Waals surface area contributed by atoms with Gasteiger partial charge in [0.15, 0.2) is 0 Å². The first kappa shape index (κ1) is 9.34. The standard InChI is InChI=1S/C10H6ClF2N/c11-8-3-4-14-9-5-6(10(12)13)1-2-7(8)9/h1-5,10H. The number of alkyl halides is 2. The predicted molar refractivity (Wildman–Crippen MR) is 51.7 cm³/mol. The van der Waals surface area contributed by atoms with Gasteiger partial charge < -0.3 is 0 Å². The Morgan fingerprint density at radius 3 is 2.71 bits per heavy atom. The molecule has 0 aliphatic heterocycles. The van der Waals surface area contributed by atoms with Crippen molar-refractivity contribution in [3.05, 3.63) is 41.0 Å². The first-order valence-electron chi connectivity index (χ1n) is 4.01. The molecular formula is C10H6ClF2N. The highest BCUT2D eigenvalue weighted by Crippen LogP contribution is 2.26. The van der Waals surface area contributed by atoms with E-state index in [1.807, 2.05) is 0 Å². The van der Waals surface area contributed by atoms with Crippen molar-refractivity contribution in [2.45, 2.75) is 6.43 Å². The van der Waals surface area contributed by atoms with Crippen LogP contribution in [0.4, 0.5) is 8.78 Å². The lowest BCUT2D eigenvalue weighted by atomic mass is 10.1. The fraction of sp³-hybridized carbons (Fsp3) is 0.100. The number of aromatic nitrogens is 1. The van der Waals surface area contributed by atoms with Crippen LogP contribution in [0.1, 0.15) is 12.0 Å². The molecule has 0 aliphatic rings. The van der Waals surface area contributed by atoms with Crippen LogP contribution in [-0.4, -0.2) is 4.98 Å². The molecule has 0 saturated carbocycles. The predicted octanol–water partition coefficient (Wildman–Crippen LogP) is 3.83. The van der Waals surface area contributed by atoms with Crippen LogP contribution >= 0.6 is 11.6 Å². The van der Waals surface area contributed by atoms with Gasteiger partial charge in [0.2, 0.25) is 0 Å². The summed E-state index contributed by atoms with van der Waals surface area (Å²) in [6, 6.07) is 5.91. The Kier molecular flexibility index (Phi) is 2.33. The van der Waals surface area contributed by atoms with Gasteiger partial charge in [-0.1, -0.05) is 23.7 Å². The third kappa shape index (κ3) is 1.55. The second kappa shape index (κ2) is 3.50. The van der Waals surface area contributed by atoms with Gasteiger partial charge in [0.05, 0.1) is 10.5 Å². The summed E-state index contributed by atoms with van der Waals surface area (Å²) in [5.74, 6) is 0. The van der Waals surface area contributed by atoms with Crippen LogP contribution in [0.2, 0.25) is 5.02 Å². The maximum absolute atomic E-state index is 12.3. The number of nitrogens with zero attached hydrogens (tertiary/aromatic N) is 1. The minimum atomic E-state index is -2.47. The van der Waals surface area contributed by atoms with Crippen LogP contribution < -0.4 is 0 Å². The Hall–Kier alpha value is -1.22. The molecule has 0 amide bonds. The van der Waals surface area contributed by atoms with Crippen LogP contribution in [0.5, 0.6) is 0 Å². The maximum Gasteiger partial charge on any atom is 0.263 e. The van der Waals surface area contributed by atoms with E-state index in [-0.39, 0.29) is 5.56 Å². The summed E-state index contributed by atoms with van der Waals surface area (Å²) >= 11 is 5.86. The van der Waals surface area contributed by atoms with Gasteiger partial charge in [0, 0.05) is 17.1 Å². The van der Waals surface area contributed by atoms with Crippen LogP contribution in [-0.2, 0) is 0 Å². The Bertz CT molecular complexity index is 471. The highest BCUT2D eigenvalue weighted by atomic mass is 35.5. The molecule has 0 unspecified atom stereocenters. The Balaban J connectivity index is 2.67. The van der Waals surface area contributed by atoms with Crippen molar-refractivity contribution in [2.75, 3.05) is 0 Å². The van der Waals surface area contributed by atoms with Gasteiger partial charge in [-0.25, -0.2) is 8.78 Å². The number of hydrogen-bond acceptors (Lipinski definition) is 1. The number of hydrogen-bond donors (Lipinski definition) is 0. The zero-order valence-corrected chi connectivity index (χ0v) is 7.80. The number of pyridine rings is 1. The molecular weight excluding hydrogens is 208 g/mol. The maximum atomic E-state index is 12.3. The molecule has 2 rings (SSSR count). The molecule has 2 aromatic rings. The molecule has 0 fully saturated rings. The highest BCUT2D eigenvalue weighted by molar-refractivity contribution is 6.35. The summed E-state index contributed by atoms with van der Waals surface area (Å²) in [7, 11) is 0. The summed E-state index contributed by atoms with van der Waals surface area (Å²) in [4.78, 5) is 3.97. The molecule has 0 spiro atoms. The third-order valence-corrected chi connectivity index (χ3v) is 2.30. The van der Waals surface area contributed by atoms with Gasteiger partial charge in [0.1, 0.15) is 0 Å². The van der Waals surface area contributed by atoms with Crippen molar-refractivity contribution in [3.8, 4) is 0 Å². The summed E-state index contributed by atoms with van der Waals surface area (Å²) in [5.41, 5.74) is 0.461. The van der Waals surface area contributed by atoms with Crippen molar-refractivity contribution in [3.63, 3.8) is 0 Å². The van der Waals surface area contributed by atoms with Gasteiger partial charge in [0.25, 0.3) is 6.43 Å². The second-order valence-electron chi connectivity index (χ2n) is 2.87. The summed E-state index contributed by atoms with van der Waals surface area (Å²) < 4.78 is 24.7. The van der Waals surface area contributed by atoms with Gasteiger partial charge in [-0.2, -0.15) is 0 Å². The largest absolute Gasteiger partial charge is 0.263 e. The fourth-order valence-corrected chi connectivity index (χ4v) is 1.48. The van der Waals surface area contributed by atoms with E-state index in [2.05, 4.69) is 4.98 Å². The first-order chi connectivity index (χ1) is 6.68. The Morgan fingerprint density at radius 1 is 1.21 bits per heavy atom. The van der Waals surface area contributed by atoms with E-state index in [0.29, 0.717) is 15.9 Å². The zero-order valence-electron chi connectivity index (χ0n) is 7.05. The molecule has 1 aromatic carbocycles. The molecule has 4 heteroatoms. The van der Waals surface area contributed by atoms with Gasteiger partial charge in [-0.15, -0.1) is 0 Å². The van der Waals surface area contributed by atoms with Crippen molar-refractivity contribution >= 4 is 22.5 Å². The average Bonchev–Trinajstić information content (AvgIpc) is 2.17. The second-order valence-corrected chi connectivity index (χ2v) is 3.28. The lowest BCUT2D eigenvalue weighted by molar-refractivity contribution is 0.151. The smallest absolute Gasteiger partial charge is 0.256 e. The van der Waals surface area contributed by atoms with Crippen molar-refractivity contribution in [2.24, 2.45) is 0 Å². The third-order valence-electron chi connectivity index (χ3n) is 1.97. The minimum absolute atomic E-state index is 0.0349. The molecule has 72 valence electrons. The molecule has 0 atom stereocenters. The average molecular weight is 214 g/mol. The monoisotopic (exact) mass is 213 g/mol. The molecule has 0 N–H and O–H groups in total. The zero-order chi connectivity index (χ0) is 10.1.